The van der Waals surface area contributed by atoms with E-state index in [0.29, 0.717) is 5.57 Å². The molecule has 0 atom stereocenters. The number of rotatable bonds is 7. The van der Waals surface area contributed by atoms with Gasteiger partial charge in [0.05, 0.1) is 0 Å². The van der Waals surface area contributed by atoms with E-state index in [1.807, 2.05) is 14.1 Å². The van der Waals surface area contributed by atoms with E-state index in [2.05, 4.69) is 23.7 Å². The van der Waals surface area contributed by atoms with Gasteiger partial charge in [0.1, 0.15) is 0 Å². The molecule has 0 rings (SSSR count). The largest absolute Gasteiger partial charge is 0.352 e. The standard InChI is InChI=1S/C9H18N2O.C4H11N.BrH/c1-8(2)9(12)10-6-5-7-11(3)4;1-2-3-4-5;/h1,5-7H2,2-4H3,(H,10,12);2-5H2,1H3;1H. The fraction of sp³-hybridized carbons (Fsp3) is 0.769. The van der Waals surface area contributed by atoms with E-state index < -0.39 is 0 Å². The SMILES string of the molecule is Br.C=C(C)C(=O)NCCCN(C)C.CCCCN. The van der Waals surface area contributed by atoms with Crippen LogP contribution in [0.4, 0.5) is 0 Å². The molecule has 0 saturated heterocycles. The molecule has 0 heterocycles. The monoisotopic (exact) mass is 323 g/mol. The molecule has 0 aliphatic heterocycles. The zero-order valence-electron chi connectivity index (χ0n) is 12.3. The number of halogens is 1. The Hall–Kier alpha value is -0.390. The van der Waals surface area contributed by atoms with Gasteiger partial charge in [0.2, 0.25) is 5.91 Å². The second-order valence-corrected chi connectivity index (χ2v) is 4.34. The summed E-state index contributed by atoms with van der Waals surface area (Å²) in [5, 5.41) is 2.77. The molecule has 110 valence electrons. The van der Waals surface area contributed by atoms with Gasteiger partial charge in [-0.3, -0.25) is 4.79 Å². The van der Waals surface area contributed by atoms with E-state index in [0.717, 1.165) is 26.1 Å². The van der Waals surface area contributed by atoms with Crippen LogP contribution in [-0.2, 0) is 4.79 Å². The number of hydrogen-bond acceptors (Lipinski definition) is 3. The number of unbranched alkanes of at least 4 members (excludes halogenated alkanes) is 1. The zero-order chi connectivity index (χ0) is 13.7. The van der Waals surface area contributed by atoms with Gasteiger partial charge in [-0.25, -0.2) is 0 Å². The zero-order valence-corrected chi connectivity index (χ0v) is 14.0. The van der Waals surface area contributed by atoms with E-state index in [9.17, 15) is 4.79 Å². The van der Waals surface area contributed by atoms with Crippen molar-refractivity contribution >= 4 is 22.9 Å². The summed E-state index contributed by atoms with van der Waals surface area (Å²) in [6.45, 7) is 9.95. The van der Waals surface area contributed by atoms with Gasteiger partial charge in [-0.2, -0.15) is 0 Å². The van der Waals surface area contributed by atoms with Gasteiger partial charge < -0.3 is 16.0 Å². The number of carbonyl (C=O) groups excluding carboxylic acids is 1. The number of hydrogen-bond donors (Lipinski definition) is 2. The van der Waals surface area contributed by atoms with Crippen molar-refractivity contribution < 1.29 is 4.79 Å². The first-order valence-electron chi connectivity index (χ1n) is 6.24. The molecule has 0 saturated carbocycles. The maximum atomic E-state index is 11.0. The van der Waals surface area contributed by atoms with Crippen LogP contribution in [0.25, 0.3) is 0 Å². The predicted octanol–water partition coefficient (Wildman–Crippen LogP) is 1.95. The smallest absolute Gasteiger partial charge is 0.246 e. The molecular weight excluding hydrogens is 294 g/mol. The van der Waals surface area contributed by atoms with Crippen molar-refractivity contribution in [3.05, 3.63) is 12.2 Å². The normalized spacial score (nSPS) is 9.00. The maximum Gasteiger partial charge on any atom is 0.246 e. The Balaban J connectivity index is -0.000000321. The van der Waals surface area contributed by atoms with Crippen LogP contribution in [0.2, 0.25) is 0 Å². The van der Waals surface area contributed by atoms with Crippen LogP contribution < -0.4 is 11.1 Å². The van der Waals surface area contributed by atoms with Crippen LogP contribution in [0, 0.1) is 0 Å². The molecule has 0 aromatic heterocycles. The molecule has 0 aromatic carbocycles. The highest BCUT2D eigenvalue weighted by molar-refractivity contribution is 8.93. The average Bonchev–Trinajstić information content (AvgIpc) is 2.25. The third kappa shape index (κ3) is 21.0. The summed E-state index contributed by atoms with van der Waals surface area (Å²) in [5.74, 6) is -0.0474. The van der Waals surface area contributed by atoms with Crippen LogP contribution in [0.3, 0.4) is 0 Å². The van der Waals surface area contributed by atoms with Gasteiger partial charge in [-0.05, 0) is 47.0 Å². The summed E-state index contributed by atoms with van der Waals surface area (Å²) in [7, 11) is 4.03. The molecule has 0 aromatic rings. The van der Waals surface area contributed by atoms with E-state index in [1.165, 1.54) is 12.8 Å². The minimum atomic E-state index is -0.0474. The second kappa shape index (κ2) is 16.6. The summed E-state index contributed by atoms with van der Waals surface area (Å²) in [5.41, 5.74) is 5.71. The Morgan fingerprint density at radius 2 is 1.89 bits per heavy atom. The summed E-state index contributed by atoms with van der Waals surface area (Å²) >= 11 is 0. The number of nitrogens with two attached hydrogens (primary N) is 1. The number of nitrogens with one attached hydrogen (secondary N) is 1. The van der Waals surface area contributed by atoms with Gasteiger partial charge in [-0.15, -0.1) is 17.0 Å². The predicted molar refractivity (Wildman–Crippen MR) is 85.3 cm³/mol. The van der Waals surface area contributed by atoms with Crippen molar-refractivity contribution in [3.63, 3.8) is 0 Å². The van der Waals surface area contributed by atoms with Gasteiger partial charge in [0.25, 0.3) is 0 Å². The summed E-state index contributed by atoms with van der Waals surface area (Å²) in [4.78, 5) is 13.1. The molecule has 0 unspecified atom stereocenters. The van der Waals surface area contributed by atoms with Gasteiger partial charge >= 0.3 is 0 Å². The maximum absolute atomic E-state index is 11.0. The molecule has 0 spiro atoms. The first-order valence-corrected chi connectivity index (χ1v) is 6.24. The molecular formula is C13H30BrN3O. The Bertz CT molecular complexity index is 206. The molecule has 1 amide bonds. The third-order valence-electron chi connectivity index (χ3n) is 2.01. The molecule has 3 N–H and O–H groups in total. The van der Waals surface area contributed by atoms with Crippen LogP contribution in [0.1, 0.15) is 33.1 Å². The fourth-order valence-electron chi connectivity index (χ4n) is 0.952. The summed E-state index contributed by atoms with van der Waals surface area (Å²) in [6.07, 6.45) is 3.36. The third-order valence-corrected chi connectivity index (χ3v) is 2.01. The van der Waals surface area contributed by atoms with Crippen LogP contribution >= 0.6 is 17.0 Å². The first-order chi connectivity index (χ1) is 7.95. The molecule has 0 bridgehead atoms. The number of nitrogens with zero attached hydrogens (tertiary/aromatic N) is 1. The Kier molecular flexibility index (Phi) is 21.0. The lowest BCUT2D eigenvalue weighted by molar-refractivity contribution is -0.117. The lowest BCUT2D eigenvalue weighted by Gasteiger charge is -2.09. The van der Waals surface area contributed by atoms with Crippen molar-refractivity contribution in [1.29, 1.82) is 0 Å². The first kappa shape index (κ1) is 22.8. The lowest BCUT2D eigenvalue weighted by atomic mass is 10.3. The van der Waals surface area contributed by atoms with Crippen LogP contribution in [-0.4, -0.2) is 44.5 Å². The topological polar surface area (TPSA) is 58.4 Å². The summed E-state index contributed by atoms with van der Waals surface area (Å²) in [6, 6.07) is 0. The molecule has 0 aliphatic rings. The molecule has 0 radical (unpaired) electrons. The lowest BCUT2D eigenvalue weighted by Crippen LogP contribution is -2.27. The van der Waals surface area contributed by atoms with Crippen LogP contribution in [0.15, 0.2) is 12.2 Å². The highest BCUT2D eigenvalue weighted by Crippen LogP contribution is 1.86. The highest BCUT2D eigenvalue weighted by Gasteiger charge is 1.99. The Morgan fingerprint density at radius 3 is 2.17 bits per heavy atom. The van der Waals surface area contributed by atoms with Crippen molar-refractivity contribution in [2.24, 2.45) is 5.73 Å². The molecule has 0 aliphatic carbocycles. The van der Waals surface area contributed by atoms with E-state index >= 15 is 0 Å². The van der Waals surface area contributed by atoms with E-state index in [1.54, 1.807) is 6.92 Å². The van der Waals surface area contributed by atoms with Crippen molar-refractivity contribution in [1.82, 2.24) is 10.2 Å². The molecule has 5 heteroatoms. The minimum Gasteiger partial charge on any atom is -0.352 e. The summed E-state index contributed by atoms with van der Waals surface area (Å²) < 4.78 is 0. The Labute approximate surface area is 123 Å². The van der Waals surface area contributed by atoms with Crippen molar-refractivity contribution in [2.45, 2.75) is 33.1 Å². The second-order valence-electron chi connectivity index (χ2n) is 4.34. The quantitative estimate of drug-likeness (QED) is 0.556. The molecule has 4 nitrogen and oxygen atoms in total. The molecule has 18 heavy (non-hydrogen) atoms. The van der Waals surface area contributed by atoms with E-state index in [4.69, 9.17) is 5.73 Å². The van der Waals surface area contributed by atoms with Gasteiger partial charge in [0.15, 0.2) is 0 Å². The highest BCUT2D eigenvalue weighted by atomic mass is 79.9. The molecule has 0 fully saturated rings. The van der Waals surface area contributed by atoms with Gasteiger partial charge in [-0.1, -0.05) is 19.9 Å². The van der Waals surface area contributed by atoms with Gasteiger partial charge in [0, 0.05) is 12.1 Å². The number of carbonyl (C=O) groups is 1. The fourth-order valence-corrected chi connectivity index (χ4v) is 0.952. The average molecular weight is 324 g/mol. The van der Waals surface area contributed by atoms with Crippen LogP contribution in [0.5, 0.6) is 0 Å². The Morgan fingerprint density at radius 1 is 1.33 bits per heavy atom. The van der Waals surface area contributed by atoms with Crippen molar-refractivity contribution in [2.75, 3.05) is 33.7 Å². The van der Waals surface area contributed by atoms with E-state index in [-0.39, 0.29) is 22.9 Å². The van der Waals surface area contributed by atoms with Crippen molar-refractivity contribution in [3.8, 4) is 0 Å². The minimum absolute atomic E-state index is 0. The number of amides is 1.